The Morgan fingerprint density at radius 2 is 1.35 bits per heavy atom. The van der Waals surface area contributed by atoms with Gasteiger partial charge in [-0.05, 0) is 24.7 Å². The smallest absolute Gasteiger partial charge is 0.125 e. The van der Waals surface area contributed by atoms with Crippen LogP contribution in [-0.4, -0.2) is 24.3 Å². The molecule has 0 aromatic rings. The number of carbonyl (C=O) groups excluding carboxylic acids is 2. The number of halogens is 2. The first-order chi connectivity index (χ1) is 7.80. The Morgan fingerprint density at radius 3 is 1.59 bits per heavy atom. The summed E-state index contributed by atoms with van der Waals surface area (Å²) in [6.07, 6.45) is 3.76. The predicted molar refractivity (Wildman–Crippen MR) is 85.4 cm³/mol. The van der Waals surface area contributed by atoms with Crippen LogP contribution in [0.3, 0.4) is 0 Å². The zero-order valence-electron chi connectivity index (χ0n) is 10.5. The zero-order valence-corrected chi connectivity index (χ0v) is 14.8. The molecule has 17 heavy (non-hydrogen) atoms. The first-order valence-electron chi connectivity index (χ1n) is 5.48. The Labute approximate surface area is 126 Å². The second-order valence-electron chi connectivity index (χ2n) is 6.04. The van der Waals surface area contributed by atoms with Crippen molar-refractivity contribution < 1.29 is 14.7 Å². The number of aliphatic hydroxyl groups is 1. The third-order valence-corrected chi connectivity index (χ3v) is 3.42. The first kappa shape index (κ1) is 17.8. The Hall–Kier alpha value is 0.760. The van der Waals surface area contributed by atoms with E-state index in [-0.39, 0.29) is 12.0 Å². The minimum Gasteiger partial charge on any atom is -0.396 e. The van der Waals surface area contributed by atoms with Gasteiger partial charge < -0.3 is 14.7 Å². The van der Waals surface area contributed by atoms with E-state index in [1.807, 2.05) is 20.8 Å². The molecule has 0 heterocycles. The van der Waals surface area contributed by atoms with Crippen LogP contribution < -0.4 is 0 Å². The lowest BCUT2D eigenvalue weighted by Crippen LogP contribution is -2.45. The zero-order chi connectivity index (χ0) is 13.7. The lowest BCUT2D eigenvalue weighted by Gasteiger charge is -2.48. The van der Waals surface area contributed by atoms with E-state index in [2.05, 4.69) is 37.2 Å². The third kappa shape index (κ3) is 4.74. The Balaban J connectivity index is 0.00000121. The van der Waals surface area contributed by atoms with Crippen LogP contribution in [0.1, 0.15) is 40.0 Å². The summed E-state index contributed by atoms with van der Waals surface area (Å²) in [4.78, 5) is 22.2. The molecular formula is C12H20I2O3. The number of carbonyl (C=O) groups is 2. The molecule has 2 unspecified atom stereocenters. The van der Waals surface area contributed by atoms with Gasteiger partial charge in [0, 0.05) is 54.7 Å². The lowest BCUT2D eigenvalue weighted by atomic mass is 9.55. The van der Waals surface area contributed by atoms with E-state index in [9.17, 15) is 14.7 Å². The van der Waals surface area contributed by atoms with Gasteiger partial charge in [0.15, 0.2) is 0 Å². The van der Waals surface area contributed by atoms with Gasteiger partial charge in [0.1, 0.15) is 12.6 Å². The van der Waals surface area contributed by atoms with Gasteiger partial charge in [0.2, 0.25) is 0 Å². The fraction of sp³-hybridized carbons (Fsp3) is 0.833. The SMILES string of the molecule is CC1(C=O)CC(C)(C=O)CC(C)(CO)C1.II. The quantitative estimate of drug-likeness (QED) is 0.513. The molecule has 3 nitrogen and oxygen atoms in total. The van der Waals surface area contributed by atoms with Crippen LogP contribution in [0.15, 0.2) is 0 Å². The van der Waals surface area contributed by atoms with E-state index in [4.69, 9.17) is 0 Å². The highest BCUT2D eigenvalue weighted by molar-refractivity contribution is 15.0. The standard InChI is InChI=1S/C12H20O3.I2/c1-10(7-13)4-11(2,8-14)6-12(3,5-10)9-15;1-2/h7-8,15H,4-6,9H2,1-3H3;. The first-order valence-corrected chi connectivity index (χ1v) is 11.8. The molecule has 0 aliphatic heterocycles. The Morgan fingerprint density at radius 1 is 1.00 bits per heavy atom. The van der Waals surface area contributed by atoms with Crippen LogP contribution in [-0.2, 0) is 9.59 Å². The lowest BCUT2D eigenvalue weighted by molar-refractivity contribution is -0.132. The Kier molecular flexibility index (Phi) is 7.09. The molecular weight excluding hydrogens is 446 g/mol. The predicted octanol–water partition coefficient (Wildman–Crippen LogP) is 3.35. The van der Waals surface area contributed by atoms with Crippen LogP contribution in [0.4, 0.5) is 0 Å². The van der Waals surface area contributed by atoms with Crippen LogP contribution in [0, 0.1) is 16.2 Å². The van der Waals surface area contributed by atoms with E-state index in [1.54, 1.807) is 0 Å². The van der Waals surface area contributed by atoms with Gasteiger partial charge >= 0.3 is 0 Å². The Bertz CT molecular complexity index is 261. The normalized spacial score (nSPS) is 41.1. The van der Waals surface area contributed by atoms with Crippen LogP contribution >= 0.6 is 37.2 Å². The summed E-state index contributed by atoms with van der Waals surface area (Å²) in [6.45, 7) is 5.71. The van der Waals surface area contributed by atoms with Crippen molar-refractivity contribution in [2.75, 3.05) is 6.61 Å². The fourth-order valence-electron chi connectivity index (χ4n) is 3.34. The molecule has 1 fully saturated rings. The highest BCUT2D eigenvalue weighted by Gasteiger charge is 2.48. The van der Waals surface area contributed by atoms with Crippen molar-refractivity contribution in [3.63, 3.8) is 0 Å². The molecule has 1 rings (SSSR count). The summed E-state index contributed by atoms with van der Waals surface area (Å²) in [5.74, 6) is 0. The number of aliphatic hydroxyl groups excluding tert-OH is 1. The molecule has 2 atom stereocenters. The second kappa shape index (κ2) is 6.79. The number of rotatable bonds is 3. The third-order valence-electron chi connectivity index (χ3n) is 3.42. The number of hydrogen-bond acceptors (Lipinski definition) is 3. The van der Waals surface area contributed by atoms with Crippen molar-refractivity contribution in [3.8, 4) is 0 Å². The summed E-state index contributed by atoms with van der Waals surface area (Å²) in [6, 6.07) is 0. The van der Waals surface area contributed by atoms with E-state index < -0.39 is 10.8 Å². The van der Waals surface area contributed by atoms with Crippen LogP contribution in [0.2, 0.25) is 0 Å². The molecule has 0 saturated heterocycles. The van der Waals surface area contributed by atoms with Gasteiger partial charge in [-0.15, -0.1) is 0 Å². The van der Waals surface area contributed by atoms with Crippen molar-refractivity contribution in [3.05, 3.63) is 0 Å². The highest BCUT2D eigenvalue weighted by atomic mass is 128. The topological polar surface area (TPSA) is 54.4 Å². The second-order valence-corrected chi connectivity index (χ2v) is 6.04. The maximum absolute atomic E-state index is 11.1. The molecule has 0 aromatic heterocycles. The largest absolute Gasteiger partial charge is 0.396 e. The molecule has 0 radical (unpaired) electrons. The minimum atomic E-state index is -0.481. The van der Waals surface area contributed by atoms with Crippen LogP contribution in [0.25, 0.3) is 0 Å². The van der Waals surface area contributed by atoms with E-state index in [0.717, 1.165) is 12.6 Å². The maximum Gasteiger partial charge on any atom is 0.125 e. The monoisotopic (exact) mass is 466 g/mol. The highest BCUT2D eigenvalue weighted by Crippen LogP contribution is 2.52. The molecule has 5 heteroatoms. The summed E-state index contributed by atoms with van der Waals surface area (Å²) >= 11 is 4.24. The molecule has 1 aliphatic rings. The van der Waals surface area contributed by atoms with Crippen molar-refractivity contribution in [2.45, 2.75) is 40.0 Å². The molecule has 100 valence electrons. The average molecular weight is 466 g/mol. The molecule has 0 bridgehead atoms. The minimum absolute atomic E-state index is 0.0276. The van der Waals surface area contributed by atoms with Crippen molar-refractivity contribution in [1.29, 1.82) is 0 Å². The summed E-state index contributed by atoms with van der Waals surface area (Å²) < 4.78 is 0. The van der Waals surface area contributed by atoms with E-state index >= 15 is 0 Å². The average Bonchev–Trinajstić information content (AvgIpc) is 2.30. The van der Waals surface area contributed by atoms with E-state index in [0.29, 0.717) is 19.3 Å². The van der Waals surface area contributed by atoms with Gasteiger partial charge in [-0.2, -0.15) is 0 Å². The molecule has 1 saturated carbocycles. The van der Waals surface area contributed by atoms with Gasteiger partial charge in [0.25, 0.3) is 0 Å². The van der Waals surface area contributed by atoms with Gasteiger partial charge in [-0.25, -0.2) is 0 Å². The van der Waals surface area contributed by atoms with Crippen molar-refractivity contribution in [1.82, 2.24) is 0 Å². The van der Waals surface area contributed by atoms with Gasteiger partial charge in [0.05, 0.1) is 0 Å². The van der Waals surface area contributed by atoms with Crippen molar-refractivity contribution in [2.24, 2.45) is 16.2 Å². The molecule has 1 N–H and O–H groups in total. The van der Waals surface area contributed by atoms with E-state index in [1.165, 1.54) is 0 Å². The molecule has 1 aliphatic carbocycles. The molecule has 0 spiro atoms. The summed E-state index contributed by atoms with van der Waals surface area (Å²) in [5.41, 5.74) is -1.28. The summed E-state index contributed by atoms with van der Waals surface area (Å²) in [7, 11) is 0. The van der Waals surface area contributed by atoms with Crippen molar-refractivity contribution >= 4 is 49.8 Å². The number of hydrogen-bond donors (Lipinski definition) is 1. The molecule has 0 amide bonds. The maximum atomic E-state index is 11.1. The number of aldehydes is 2. The summed E-state index contributed by atoms with van der Waals surface area (Å²) in [5, 5.41) is 9.37. The molecule has 0 aromatic carbocycles. The fourth-order valence-corrected chi connectivity index (χ4v) is 3.34. The van der Waals surface area contributed by atoms with Gasteiger partial charge in [-0.3, -0.25) is 0 Å². The van der Waals surface area contributed by atoms with Gasteiger partial charge in [-0.1, -0.05) is 20.8 Å². The van der Waals surface area contributed by atoms with Crippen LogP contribution in [0.5, 0.6) is 0 Å².